The van der Waals surface area contributed by atoms with E-state index in [2.05, 4.69) is 5.32 Å². The van der Waals surface area contributed by atoms with Crippen molar-refractivity contribution in [3.05, 3.63) is 93.4 Å². The molecule has 0 aliphatic carbocycles. The summed E-state index contributed by atoms with van der Waals surface area (Å²) in [5, 5.41) is 3.64. The van der Waals surface area contributed by atoms with Gasteiger partial charge >= 0.3 is 0 Å². The second kappa shape index (κ2) is 14.0. The molecular formula is C28H30Cl3N3O4S. The van der Waals surface area contributed by atoms with Gasteiger partial charge in [-0.1, -0.05) is 84.5 Å². The SMILES string of the molecule is CCCCNC(=O)[C@H](C)N(Cc1ccccc1Cl)C(=O)CN(c1ccc(Cl)c(Cl)c1)S(=O)(=O)c1ccccc1. The van der Waals surface area contributed by atoms with Gasteiger partial charge in [-0.05, 0) is 55.3 Å². The fourth-order valence-corrected chi connectivity index (χ4v) is 5.73. The Morgan fingerprint density at radius 1 is 0.897 bits per heavy atom. The van der Waals surface area contributed by atoms with Crippen LogP contribution in [0, 0.1) is 0 Å². The van der Waals surface area contributed by atoms with E-state index in [1.54, 1.807) is 49.4 Å². The Balaban J connectivity index is 2.02. The van der Waals surface area contributed by atoms with Gasteiger partial charge in [-0.2, -0.15) is 0 Å². The van der Waals surface area contributed by atoms with Crippen molar-refractivity contribution in [2.45, 2.75) is 44.2 Å². The van der Waals surface area contributed by atoms with Crippen LogP contribution in [0.5, 0.6) is 0 Å². The van der Waals surface area contributed by atoms with Crippen LogP contribution in [-0.4, -0.2) is 44.3 Å². The Bertz CT molecular complexity index is 1400. The van der Waals surface area contributed by atoms with Gasteiger partial charge in [0.05, 0.1) is 20.6 Å². The summed E-state index contributed by atoms with van der Waals surface area (Å²) in [6.45, 7) is 3.48. The van der Waals surface area contributed by atoms with E-state index < -0.39 is 28.5 Å². The summed E-state index contributed by atoms with van der Waals surface area (Å²) in [5.41, 5.74) is 0.770. The molecule has 0 aliphatic heterocycles. The number of nitrogens with zero attached hydrogens (tertiary/aromatic N) is 2. The van der Waals surface area contributed by atoms with Gasteiger partial charge in [-0.25, -0.2) is 8.42 Å². The molecule has 11 heteroatoms. The molecular weight excluding hydrogens is 581 g/mol. The van der Waals surface area contributed by atoms with Gasteiger partial charge in [0.2, 0.25) is 11.8 Å². The molecule has 0 aromatic heterocycles. The third-order valence-corrected chi connectivity index (χ3v) is 8.99. The molecule has 3 aromatic carbocycles. The Morgan fingerprint density at radius 3 is 2.21 bits per heavy atom. The fraction of sp³-hybridized carbons (Fsp3) is 0.286. The van der Waals surface area contributed by atoms with Gasteiger partial charge < -0.3 is 10.2 Å². The largest absolute Gasteiger partial charge is 0.354 e. The first kappa shape index (κ1) is 30.8. The van der Waals surface area contributed by atoms with E-state index in [-0.39, 0.29) is 33.1 Å². The minimum Gasteiger partial charge on any atom is -0.354 e. The van der Waals surface area contributed by atoms with Crippen molar-refractivity contribution < 1.29 is 18.0 Å². The maximum Gasteiger partial charge on any atom is 0.264 e. The average molecular weight is 611 g/mol. The van der Waals surface area contributed by atoms with Crippen LogP contribution in [0.25, 0.3) is 0 Å². The van der Waals surface area contributed by atoms with E-state index in [4.69, 9.17) is 34.8 Å². The monoisotopic (exact) mass is 609 g/mol. The number of anilines is 1. The molecule has 0 bridgehead atoms. The van der Waals surface area contributed by atoms with Crippen molar-refractivity contribution in [1.29, 1.82) is 0 Å². The van der Waals surface area contributed by atoms with Crippen molar-refractivity contribution in [3.63, 3.8) is 0 Å². The highest BCUT2D eigenvalue weighted by Gasteiger charge is 2.33. The smallest absolute Gasteiger partial charge is 0.264 e. The molecule has 7 nitrogen and oxygen atoms in total. The minimum absolute atomic E-state index is 0.00146. The fourth-order valence-electron chi connectivity index (χ4n) is 3.82. The number of carbonyl (C=O) groups excluding carboxylic acids is 2. The first-order chi connectivity index (χ1) is 18.6. The molecule has 3 aromatic rings. The Labute approximate surface area is 244 Å². The highest BCUT2D eigenvalue weighted by molar-refractivity contribution is 7.92. The van der Waals surface area contributed by atoms with Gasteiger partial charge in [-0.3, -0.25) is 13.9 Å². The number of nitrogens with one attached hydrogen (secondary N) is 1. The number of benzene rings is 3. The number of rotatable bonds is 12. The van der Waals surface area contributed by atoms with E-state index in [0.29, 0.717) is 17.1 Å². The van der Waals surface area contributed by atoms with Crippen LogP contribution in [0.3, 0.4) is 0 Å². The molecule has 0 radical (unpaired) electrons. The lowest BCUT2D eigenvalue weighted by Crippen LogP contribution is -2.51. The van der Waals surface area contributed by atoms with Gasteiger partial charge in [0.25, 0.3) is 10.0 Å². The number of hydrogen-bond acceptors (Lipinski definition) is 4. The summed E-state index contributed by atoms with van der Waals surface area (Å²) < 4.78 is 28.5. The minimum atomic E-state index is -4.20. The maximum atomic E-state index is 13.9. The molecule has 2 amide bonds. The van der Waals surface area contributed by atoms with E-state index in [9.17, 15) is 18.0 Å². The van der Waals surface area contributed by atoms with Crippen molar-refractivity contribution in [2.75, 3.05) is 17.4 Å². The van der Waals surface area contributed by atoms with E-state index >= 15 is 0 Å². The highest BCUT2D eigenvalue weighted by atomic mass is 35.5. The Hall–Kier alpha value is -2.78. The van der Waals surface area contributed by atoms with Crippen LogP contribution >= 0.6 is 34.8 Å². The predicted octanol–water partition coefficient (Wildman–Crippen LogP) is 6.18. The molecule has 0 aliphatic rings. The number of halogens is 3. The van der Waals surface area contributed by atoms with Crippen LogP contribution in [0.1, 0.15) is 32.3 Å². The second-order valence-corrected chi connectivity index (χ2v) is 11.9. The van der Waals surface area contributed by atoms with Crippen LogP contribution < -0.4 is 9.62 Å². The lowest BCUT2D eigenvalue weighted by molar-refractivity contribution is -0.139. The number of unbranched alkanes of at least 4 members (excludes halogenated alkanes) is 1. The molecule has 0 saturated heterocycles. The number of hydrogen-bond donors (Lipinski definition) is 1. The van der Waals surface area contributed by atoms with Crippen molar-refractivity contribution in [3.8, 4) is 0 Å². The van der Waals surface area contributed by atoms with E-state index in [1.165, 1.54) is 35.2 Å². The summed E-state index contributed by atoms with van der Waals surface area (Å²) in [5.74, 6) is -0.950. The second-order valence-electron chi connectivity index (χ2n) is 8.86. The molecule has 0 fully saturated rings. The molecule has 1 atom stereocenters. The first-order valence-electron chi connectivity index (χ1n) is 12.4. The summed E-state index contributed by atoms with van der Waals surface area (Å²) in [6, 6.07) is 18.1. The molecule has 3 rings (SSSR count). The summed E-state index contributed by atoms with van der Waals surface area (Å²) in [6.07, 6.45) is 1.68. The predicted molar refractivity (Wildman–Crippen MR) is 157 cm³/mol. The van der Waals surface area contributed by atoms with E-state index in [1.807, 2.05) is 6.92 Å². The number of carbonyl (C=O) groups is 2. The van der Waals surface area contributed by atoms with Crippen molar-refractivity contribution in [2.24, 2.45) is 0 Å². The molecule has 208 valence electrons. The molecule has 0 unspecified atom stereocenters. The van der Waals surface area contributed by atoms with Crippen molar-refractivity contribution in [1.82, 2.24) is 10.2 Å². The molecule has 0 heterocycles. The lowest BCUT2D eigenvalue weighted by Gasteiger charge is -2.32. The number of amides is 2. The van der Waals surface area contributed by atoms with E-state index in [0.717, 1.165) is 17.1 Å². The maximum absolute atomic E-state index is 13.9. The topological polar surface area (TPSA) is 86.8 Å². The van der Waals surface area contributed by atoms with Gasteiger partial charge in [0, 0.05) is 18.1 Å². The number of sulfonamides is 1. The summed E-state index contributed by atoms with van der Waals surface area (Å²) in [4.78, 5) is 28.2. The van der Waals surface area contributed by atoms with Crippen LogP contribution in [0.2, 0.25) is 15.1 Å². The van der Waals surface area contributed by atoms with Crippen LogP contribution in [-0.2, 0) is 26.2 Å². The van der Waals surface area contributed by atoms with Gasteiger partial charge in [0.15, 0.2) is 0 Å². The summed E-state index contributed by atoms with van der Waals surface area (Å²) >= 11 is 18.7. The molecule has 39 heavy (non-hydrogen) atoms. The molecule has 0 saturated carbocycles. The quantitative estimate of drug-likeness (QED) is 0.248. The lowest BCUT2D eigenvalue weighted by atomic mass is 10.1. The Kier molecular flexibility index (Phi) is 11.1. The first-order valence-corrected chi connectivity index (χ1v) is 15.0. The zero-order chi connectivity index (χ0) is 28.6. The Morgan fingerprint density at radius 2 is 1.56 bits per heavy atom. The third-order valence-electron chi connectivity index (χ3n) is 6.10. The summed E-state index contributed by atoms with van der Waals surface area (Å²) in [7, 11) is -4.20. The average Bonchev–Trinajstić information content (AvgIpc) is 2.92. The normalized spacial score (nSPS) is 12.0. The van der Waals surface area contributed by atoms with Crippen molar-refractivity contribution >= 4 is 62.3 Å². The zero-order valence-corrected chi connectivity index (χ0v) is 24.7. The van der Waals surface area contributed by atoms with Gasteiger partial charge in [0.1, 0.15) is 12.6 Å². The highest BCUT2D eigenvalue weighted by Crippen LogP contribution is 2.31. The van der Waals surface area contributed by atoms with Gasteiger partial charge in [-0.15, -0.1) is 0 Å². The van der Waals surface area contributed by atoms with Crippen LogP contribution in [0.15, 0.2) is 77.7 Å². The third kappa shape index (κ3) is 7.88. The zero-order valence-electron chi connectivity index (χ0n) is 21.6. The molecule has 0 spiro atoms. The van der Waals surface area contributed by atoms with Crippen LogP contribution in [0.4, 0.5) is 5.69 Å². The molecule has 1 N–H and O–H groups in total. The standard InChI is InChI=1S/C28H30Cl3N3O4S/c1-3-4-16-32-28(36)20(2)33(18-21-10-8-9-13-24(21)29)27(35)19-34(22-14-15-25(30)26(31)17-22)39(37,38)23-11-6-5-7-12-23/h5-15,17,20H,3-4,16,18-19H2,1-2H3,(H,32,36)/t20-/m0/s1.